The van der Waals surface area contributed by atoms with E-state index in [0.29, 0.717) is 5.92 Å². The van der Waals surface area contributed by atoms with Crippen LogP contribution in [-0.4, -0.2) is 5.16 Å². The molecule has 0 fully saturated rings. The third-order valence-electron chi connectivity index (χ3n) is 1.32. The summed E-state index contributed by atoms with van der Waals surface area (Å²) < 4.78 is 0. The molecule has 0 aliphatic rings. The molecule has 0 bridgehead atoms. The van der Waals surface area contributed by atoms with Crippen molar-refractivity contribution in [2.45, 2.75) is 25.9 Å². The molecular weight excluding hydrogens is 192 g/mol. The van der Waals surface area contributed by atoms with Gasteiger partial charge >= 0.3 is 0 Å². The summed E-state index contributed by atoms with van der Waals surface area (Å²) >= 11 is 0. The van der Waals surface area contributed by atoms with Crippen LogP contribution in [0, 0.1) is 12.8 Å². The molecule has 0 aromatic rings. The van der Waals surface area contributed by atoms with Crippen LogP contribution in [0.15, 0.2) is 0 Å². The third-order valence-corrected chi connectivity index (χ3v) is 1.99. The standard InChI is InChI=1S/C6H14P.Y/c1-5(2)6(3,4)7;/h5H,3,7H2,1-2,4H3;/q-1;. The predicted octanol–water partition coefficient (Wildman–Crippen LogP) is 2.11. The molecule has 0 N–H and O–H groups in total. The molecule has 1 radical (unpaired) electrons. The summed E-state index contributed by atoms with van der Waals surface area (Å²) in [4.78, 5) is 0. The second-order valence-electron chi connectivity index (χ2n) is 2.66. The molecule has 0 nitrogen and oxygen atoms in total. The second-order valence-corrected chi connectivity index (χ2v) is 3.98. The van der Waals surface area contributed by atoms with Crippen molar-refractivity contribution in [1.82, 2.24) is 0 Å². The number of hydrogen-bond donors (Lipinski definition) is 0. The van der Waals surface area contributed by atoms with E-state index in [1.807, 2.05) is 0 Å². The summed E-state index contributed by atoms with van der Waals surface area (Å²) in [6.07, 6.45) is 0. The number of hydrogen-bond acceptors (Lipinski definition) is 0. The fourth-order valence-corrected chi connectivity index (χ4v) is 0. The van der Waals surface area contributed by atoms with Gasteiger partial charge in [0.15, 0.2) is 0 Å². The van der Waals surface area contributed by atoms with E-state index in [-0.39, 0.29) is 37.9 Å². The van der Waals surface area contributed by atoms with Crippen molar-refractivity contribution < 1.29 is 32.7 Å². The molecule has 0 heterocycles. The Kier molecular flexibility index (Phi) is 6.67. The second kappa shape index (κ2) is 4.37. The smallest absolute Gasteiger partial charge is 0 e. The van der Waals surface area contributed by atoms with Gasteiger partial charge in [0.2, 0.25) is 0 Å². The minimum atomic E-state index is 0. The Hall–Kier alpha value is 1.53. The van der Waals surface area contributed by atoms with Gasteiger partial charge in [0.05, 0.1) is 0 Å². The van der Waals surface area contributed by atoms with E-state index in [1.165, 1.54) is 0 Å². The minimum Gasteiger partial charge on any atom is -0.333 e. The Bertz CT molecular complexity index is 54.0. The fourth-order valence-electron chi connectivity index (χ4n) is 0. The molecule has 47 valence electrons. The maximum absolute atomic E-state index is 3.93. The van der Waals surface area contributed by atoms with Crippen molar-refractivity contribution >= 4 is 9.24 Å². The van der Waals surface area contributed by atoms with Crippen LogP contribution in [0.25, 0.3) is 0 Å². The minimum absolute atomic E-state index is 0. The summed E-state index contributed by atoms with van der Waals surface area (Å²) in [5.41, 5.74) is 0. The largest absolute Gasteiger partial charge is 0.333 e. The van der Waals surface area contributed by atoms with Crippen molar-refractivity contribution in [3.63, 3.8) is 0 Å². The van der Waals surface area contributed by atoms with Crippen LogP contribution in [0.5, 0.6) is 0 Å². The SMILES string of the molecule is [CH2-]C(C)(P)C(C)C.[Y]. The molecule has 8 heavy (non-hydrogen) atoms. The first-order valence-electron chi connectivity index (χ1n) is 2.59. The van der Waals surface area contributed by atoms with Crippen molar-refractivity contribution in [2.75, 3.05) is 0 Å². The molecule has 0 spiro atoms. The van der Waals surface area contributed by atoms with Crippen molar-refractivity contribution in [3.8, 4) is 0 Å². The first-order valence-corrected chi connectivity index (χ1v) is 3.16. The Balaban J connectivity index is 0. The Morgan fingerprint density at radius 3 is 1.62 bits per heavy atom. The Labute approximate surface area is 80.3 Å². The molecule has 2 heteroatoms. The van der Waals surface area contributed by atoms with Gasteiger partial charge in [0.1, 0.15) is 0 Å². The molecule has 0 rings (SSSR count). The van der Waals surface area contributed by atoms with Crippen LogP contribution in [0.2, 0.25) is 0 Å². The molecule has 0 aliphatic carbocycles. The fraction of sp³-hybridized carbons (Fsp3) is 0.833. The zero-order valence-electron chi connectivity index (χ0n) is 5.94. The summed E-state index contributed by atoms with van der Waals surface area (Å²) in [5, 5.41) is 0.167. The van der Waals surface area contributed by atoms with Crippen LogP contribution in [0.4, 0.5) is 0 Å². The molecule has 0 saturated heterocycles. The summed E-state index contributed by atoms with van der Waals surface area (Å²) in [6.45, 7) is 10.4. The molecule has 0 amide bonds. The first-order chi connectivity index (χ1) is 2.94. The van der Waals surface area contributed by atoms with E-state index in [9.17, 15) is 0 Å². The van der Waals surface area contributed by atoms with Gasteiger partial charge in [0, 0.05) is 32.7 Å². The van der Waals surface area contributed by atoms with Gasteiger partial charge in [0.25, 0.3) is 0 Å². The van der Waals surface area contributed by atoms with Gasteiger partial charge in [-0.05, 0) is 0 Å². The Morgan fingerprint density at radius 1 is 1.50 bits per heavy atom. The van der Waals surface area contributed by atoms with Gasteiger partial charge in [-0.3, -0.25) is 0 Å². The van der Waals surface area contributed by atoms with Crippen LogP contribution in [0.1, 0.15) is 20.8 Å². The maximum atomic E-state index is 3.93. The summed E-state index contributed by atoms with van der Waals surface area (Å²) in [7, 11) is 2.72. The predicted molar refractivity (Wildman–Crippen MR) is 38.3 cm³/mol. The summed E-state index contributed by atoms with van der Waals surface area (Å²) in [6, 6.07) is 0. The van der Waals surface area contributed by atoms with E-state index in [4.69, 9.17) is 0 Å². The van der Waals surface area contributed by atoms with Crippen LogP contribution >= 0.6 is 9.24 Å². The van der Waals surface area contributed by atoms with E-state index in [0.717, 1.165) is 0 Å². The maximum Gasteiger partial charge on any atom is 0 e. The van der Waals surface area contributed by atoms with Gasteiger partial charge in [-0.2, -0.15) is 9.24 Å². The monoisotopic (exact) mass is 206 g/mol. The van der Waals surface area contributed by atoms with E-state index < -0.39 is 0 Å². The topological polar surface area (TPSA) is 0 Å². The normalized spacial score (nSPS) is 17.2. The van der Waals surface area contributed by atoms with Crippen LogP contribution < -0.4 is 0 Å². The first kappa shape index (κ1) is 12.2. The molecule has 0 saturated carbocycles. The average molecular weight is 206 g/mol. The molecule has 0 aliphatic heterocycles. The Morgan fingerprint density at radius 2 is 1.62 bits per heavy atom. The van der Waals surface area contributed by atoms with Gasteiger partial charge in [-0.15, -0.1) is 5.16 Å². The third kappa shape index (κ3) is 5.67. The van der Waals surface area contributed by atoms with Gasteiger partial charge < -0.3 is 6.92 Å². The van der Waals surface area contributed by atoms with Gasteiger partial charge in [-0.25, -0.2) is 0 Å². The summed E-state index contributed by atoms with van der Waals surface area (Å²) in [5.74, 6) is 0.650. The van der Waals surface area contributed by atoms with Crippen molar-refractivity contribution in [2.24, 2.45) is 5.92 Å². The number of rotatable bonds is 1. The van der Waals surface area contributed by atoms with Crippen molar-refractivity contribution in [1.29, 1.82) is 0 Å². The zero-order valence-corrected chi connectivity index (χ0v) is 9.93. The molecule has 2 unspecified atom stereocenters. The average Bonchev–Trinajstić information content (AvgIpc) is 1.31. The van der Waals surface area contributed by atoms with Crippen LogP contribution in [0.3, 0.4) is 0 Å². The van der Waals surface area contributed by atoms with Crippen LogP contribution in [-0.2, 0) is 32.7 Å². The van der Waals surface area contributed by atoms with E-state index in [2.05, 4.69) is 36.9 Å². The zero-order chi connectivity index (χ0) is 6.08. The molecule has 0 aromatic heterocycles. The quantitative estimate of drug-likeness (QED) is 0.455. The van der Waals surface area contributed by atoms with Gasteiger partial charge in [-0.1, -0.05) is 26.7 Å². The van der Waals surface area contributed by atoms with E-state index >= 15 is 0 Å². The molecule has 2 atom stereocenters. The van der Waals surface area contributed by atoms with E-state index in [1.54, 1.807) is 0 Å². The molecule has 0 aromatic carbocycles. The van der Waals surface area contributed by atoms with Crippen molar-refractivity contribution in [3.05, 3.63) is 6.92 Å². The molecular formula is C6H14PY-.